The Kier molecular flexibility index (Phi) is 4.47. The molecule has 4 heteroatoms. The van der Waals surface area contributed by atoms with E-state index in [1.807, 2.05) is 14.1 Å². The van der Waals surface area contributed by atoms with Gasteiger partial charge in [0.25, 0.3) is 0 Å². The molecule has 1 saturated carbocycles. The Morgan fingerprint density at radius 3 is 2.33 bits per heavy atom. The molecule has 0 aromatic heterocycles. The molecule has 0 saturated heterocycles. The summed E-state index contributed by atoms with van der Waals surface area (Å²) in [5, 5.41) is 0. The summed E-state index contributed by atoms with van der Waals surface area (Å²) in [7, 11) is 7.23. The third-order valence-corrected chi connectivity index (χ3v) is 4.64. The third-order valence-electron chi connectivity index (χ3n) is 4.64. The van der Waals surface area contributed by atoms with Crippen LogP contribution in [0.15, 0.2) is 42.5 Å². The molecule has 1 aliphatic rings. The van der Waals surface area contributed by atoms with Gasteiger partial charge >= 0.3 is 0 Å². The molecule has 0 N–H and O–H groups in total. The summed E-state index contributed by atoms with van der Waals surface area (Å²) in [4.78, 5) is 14.9. The lowest BCUT2D eigenvalue weighted by Gasteiger charge is -2.13. The van der Waals surface area contributed by atoms with Crippen molar-refractivity contribution in [3.63, 3.8) is 0 Å². The van der Waals surface area contributed by atoms with Crippen molar-refractivity contribution in [2.45, 2.75) is 12.3 Å². The lowest BCUT2D eigenvalue weighted by atomic mass is 10.0. The first-order valence-electron chi connectivity index (χ1n) is 8.08. The molecule has 0 heterocycles. The first-order chi connectivity index (χ1) is 11.5. The van der Waals surface area contributed by atoms with Gasteiger partial charge in [0, 0.05) is 25.7 Å². The number of nitrogens with zero attached hydrogens (tertiary/aromatic N) is 1. The molecule has 2 atom stereocenters. The Morgan fingerprint density at radius 2 is 1.75 bits per heavy atom. The second kappa shape index (κ2) is 6.56. The molecule has 3 rings (SSSR count). The minimum absolute atomic E-state index is 0.0243. The zero-order chi connectivity index (χ0) is 17.3. The number of rotatable bonds is 6. The zero-order valence-corrected chi connectivity index (χ0v) is 14.6. The van der Waals surface area contributed by atoms with Gasteiger partial charge in [-0.2, -0.15) is 0 Å². The predicted molar refractivity (Wildman–Crippen MR) is 95.5 cm³/mol. The normalized spacial score (nSPS) is 18.8. The van der Waals surface area contributed by atoms with E-state index in [4.69, 9.17) is 9.47 Å². The van der Waals surface area contributed by atoms with Gasteiger partial charge in [-0.05, 0) is 48.2 Å². The van der Waals surface area contributed by atoms with Gasteiger partial charge in [0.15, 0.2) is 5.78 Å². The quantitative estimate of drug-likeness (QED) is 0.758. The lowest BCUT2D eigenvalue weighted by Crippen LogP contribution is -2.08. The van der Waals surface area contributed by atoms with E-state index in [1.54, 1.807) is 32.4 Å². The summed E-state index contributed by atoms with van der Waals surface area (Å²) >= 11 is 0. The summed E-state index contributed by atoms with van der Waals surface area (Å²) in [6, 6.07) is 13.8. The van der Waals surface area contributed by atoms with Crippen molar-refractivity contribution in [1.29, 1.82) is 0 Å². The van der Waals surface area contributed by atoms with Crippen molar-refractivity contribution >= 4 is 11.5 Å². The van der Waals surface area contributed by atoms with Crippen LogP contribution in [0.2, 0.25) is 0 Å². The van der Waals surface area contributed by atoms with Crippen LogP contribution < -0.4 is 14.4 Å². The van der Waals surface area contributed by atoms with Crippen molar-refractivity contribution in [3.8, 4) is 11.5 Å². The van der Waals surface area contributed by atoms with Crippen LogP contribution in [0.3, 0.4) is 0 Å². The van der Waals surface area contributed by atoms with Crippen molar-refractivity contribution in [2.24, 2.45) is 5.92 Å². The highest BCUT2D eigenvalue weighted by atomic mass is 16.5. The fourth-order valence-corrected chi connectivity index (χ4v) is 3.08. The summed E-state index contributed by atoms with van der Waals surface area (Å²) in [5.41, 5.74) is 2.99. The Balaban J connectivity index is 1.78. The van der Waals surface area contributed by atoms with Gasteiger partial charge in [0.1, 0.15) is 11.5 Å². The standard InChI is InChI=1S/C20H23NO3/c1-21(2)14-7-5-13(6-8-14)16-12-17(16)20(22)18-11-15(23-3)9-10-19(18)24-4/h5-11,16-17H,12H2,1-4H3. The number of Topliss-reactive ketones (excluding diaryl/α,β-unsaturated/α-hetero) is 1. The Morgan fingerprint density at radius 1 is 1.04 bits per heavy atom. The average molecular weight is 325 g/mol. The van der Waals surface area contributed by atoms with Crippen LogP contribution in [0.25, 0.3) is 0 Å². The van der Waals surface area contributed by atoms with E-state index in [-0.39, 0.29) is 11.7 Å². The average Bonchev–Trinajstić information content (AvgIpc) is 3.41. The molecular weight excluding hydrogens is 302 g/mol. The molecule has 1 aliphatic carbocycles. The van der Waals surface area contributed by atoms with Crippen LogP contribution in [0.5, 0.6) is 11.5 Å². The summed E-state index contributed by atoms with van der Waals surface area (Å²) in [6.45, 7) is 0. The fourth-order valence-electron chi connectivity index (χ4n) is 3.08. The second-order valence-corrected chi connectivity index (χ2v) is 6.37. The number of hydrogen-bond donors (Lipinski definition) is 0. The van der Waals surface area contributed by atoms with Crippen molar-refractivity contribution in [2.75, 3.05) is 33.2 Å². The Bertz CT molecular complexity index is 737. The molecule has 0 aliphatic heterocycles. The van der Waals surface area contributed by atoms with E-state index in [0.717, 1.165) is 12.1 Å². The fraction of sp³-hybridized carbons (Fsp3) is 0.350. The highest BCUT2D eigenvalue weighted by Gasteiger charge is 2.44. The summed E-state index contributed by atoms with van der Waals surface area (Å²) in [6.07, 6.45) is 0.889. The monoisotopic (exact) mass is 325 g/mol. The van der Waals surface area contributed by atoms with Crippen molar-refractivity contribution in [1.82, 2.24) is 0 Å². The molecule has 0 spiro atoms. The smallest absolute Gasteiger partial charge is 0.170 e. The number of carbonyl (C=O) groups is 1. The molecule has 4 nitrogen and oxygen atoms in total. The maximum absolute atomic E-state index is 12.9. The maximum atomic E-state index is 12.9. The van der Waals surface area contributed by atoms with Gasteiger partial charge in [-0.25, -0.2) is 0 Å². The molecule has 24 heavy (non-hydrogen) atoms. The van der Waals surface area contributed by atoms with Crippen LogP contribution in [0.4, 0.5) is 5.69 Å². The number of ether oxygens (including phenoxy) is 2. The zero-order valence-electron chi connectivity index (χ0n) is 14.6. The number of carbonyl (C=O) groups excluding carboxylic acids is 1. The molecule has 0 radical (unpaired) electrons. The molecule has 0 amide bonds. The van der Waals surface area contributed by atoms with Gasteiger partial charge in [-0.15, -0.1) is 0 Å². The van der Waals surface area contributed by atoms with Crippen LogP contribution in [0.1, 0.15) is 28.3 Å². The number of ketones is 1. The molecular formula is C20H23NO3. The summed E-state index contributed by atoms with van der Waals surface area (Å²) in [5.74, 6) is 1.73. The maximum Gasteiger partial charge on any atom is 0.170 e. The van der Waals surface area contributed by atoms with Gasteiger partial charge in [-0.1, -0.05) is 12.1 Å². The van der Waals surface area contributed by atoms with Crippen LogP contribution >= 0.6 is 0 Å². The van der Waals surface area contributed by atoms with Gasteiger partial charge in [0.2, 0.25) is 0 Å². The molecule has 2 aromatic carbocycles. The SMILES string of the molecule is COc1ccc(OC)c(C(=O)C2CC2c2ccc(N(C)C)cc2)c1. The largest absolute Gasteiger partial charge is 0.497 e. The van der Waals surface area contributed by atoms with Gasteiger partial charge < -0.3 is 14.4 Å². The predicted octanol–water partition coefficient (Wildman–Crippen LogP) is 3.76. The minimum atomic E-state index is 0.0243. The van der Waals surface area contributed by atoms with E-state index in [9.17, 15) is 4.79 Å². The van der Waals surface area contributed by atoms with Crippen LogP contribution in [-0.2, 0) is 0 Å². The minimum Gasteiger partial charge on any atom is -0.497 e. The van der Waals surface area contributed by atoms with E-state index < -0.39 is 0 Å². The molecule has 126 valence electrons. The first-order valence-corrected chi connectivity index (χ1v) is 8.08. The van der Waals surface area contributed by atoms with E-state index in [2.05, 4.69) is 29.2 Å². The molecule has 1 fully saturated rings. The lowest BCUT2D eigenvalue weighted by molar-refractivity contribution is 0.0962. The number of hydrogen-bond acceptors (Lipinski definition) is 4. The van der Waals surface area contributed by atoms with E-state index in [0.29, 0.717) is 23.0 Å². The van der Waals surface area contributed by atoms with E-state index in [1.165, 1.54) is 5.56 Å². The van der Waals surface area contributed by atoms with Crippen LogP contribution in [0, 0.1) is 5.92 Å². The highest BCUT2D eigenvalue weighted by Crippen LogP contribution is 2.50. The van der Waals surface area contributed by atoms with E-state index >= 15 is 0 Å². The molecule has 2 aromatic rings. The molecule has 0 bridgehead atoms. The third kappa shape index (κ3) is 3.09. The van der Waals surface area contributed by atoms with Gasteiger partial charge in [0.05, 0.1) is 19.8 Å². The second-order valence-electron chi connectivity index (χ2n) is 6.37. The highest BCUT2D eigenvalue weighted by molar-refractivity contribution is 6.03. The number of anilines is 1. The topological polar surface area (TPSA) is 38.8 Å². The van der Waals surface area contributed by atoms with Gasteiger partial charge in [-0.3, -0.25) is 4.79 Å². The van der Waals surface area contributed by atoms with Crippen LogP contribution in [-0.4, -0.2) is 34.1 Å². The Labute approximate surface area is 143 Å². The Hall–Kier alpha value is -2.49. The summed E-state index contributed by atoms with van der Waals surface area (Å²) < 4.78 is 10.6. The number of benzene rings is 2. The first kappa shape index (κ1) is 16.4. The molecule has 2 unspecified atom stereocenters. The number of methoxy groups -OCH3 is 2. The van der Waals surface area contributed by atoms with Crippen molar-refractivity contribution in [3.05, 3.63) is 53.6 Å². The van der Waals surface area contributed by atoms with Crippen molar-refractivity contribution < 1.29 is 14.3 Å².